The molecule has 0 saturated heterocycles. The number of rotatable bonds is 7. The van der Waals surface area contributed by atoms with Crippen molar-refractivity contribution in [3.8, 4) is 0 Å². The van der Waals surface area contributed by atoms with Gasteiger partial charge in [-0.25, -0.2) is 9.78 Å². The second-order valence-corrected chi connectivity index (χ2v) is 6.34. The minimum atomic E-state index is -0.325. The molecule has 2 aromatic heterocycles. The summed E-state index contributed by atoms with van der Waals surface area (Å²) in [5.41, 5.74) is 1.60. The average molecular weight is 398 g/mol. The van der Waals surface area contributed by atoms with E-state index in [4.69, 9.17) is 11.6 Å². The van der Waals surface area contributed by atoms with Crippen LogP contribution < -0.4 is 21.3 Å². The fraction of sp³-hybridized carbons (Fsp3) is 0.158. The lowest BCUT2D eigenvalue weighted by Gasteiger charge is -2.10. The van der Waals surface area contributed by atoms with Gasteiger partial charge in [-0.2, -0.15) is 0 Å². The van der Waals surface area contributed by atoms with Gasteiger partial charge in [-0.05, 0) is 48.9 Å². The number of halogens is 1. The highest BCUT2D eigenvalue weighted by Crippen LogP contribution is 2.22. The normalized spacial score (nSPS) is 10.2. The zero-order valence-corrected chi connectivity index (χ0v) is 16.0. The Morgan fingerprint density at radius 1 is 1.00 bits per heavy atom. The topological polar surface area (TPSA) is 104 Å². The van der Waals surface area contributed by atoms with Gasteiger partial charge >= 0.3 is 6.03 Å². The molecule has 0 atom stereocenters. The summed E-state index contributed by atoms with van der Waals surface area (Å²) in [5, 5.41) is 20.3. The Hall–Kier alpha value is -3.39. The third-order valence-electron chi connectivity index (χ3n) is 3.68. The molecule has 0 fully saturated rings. The van der Waals surface area contributed by atoms with Crippen LogP contribution in [0.2, 0.25) is 5.02 Å². The van der Waals surface area contributed by atoms with E-state index in [-0.39, 0.29) is 6.03 Å². The van der Waals surface area contributed by atoms with Gasteiger partial charge in [0.05, 0.1) is 10.7 Å². The molecular weight excluding hydrogens is 378 g/mol. The largest absolute Gasteiger partial charge is 0.367 e. The van der Waals surface area contributed by atoms with E-state index < -0.39 is 0 Å². The molecule has 144 valence electrons. The molecule has 4 N–H and O–H groups in total. The van der Waals surface area contributed by atoms with Crippen LogP contribution >= 0.6 is 11.6 Å². The van der Waals surface area contributed by atoms with Crippen LogP contribution in [0.25, 0.3) is 0 Å². The molecule has 0 saturated carbocycles. The van der Waals surface area contributed by atoms with Crippen LogP contribution in [0.4, 0.5) is 27.9 Å². The highest BCUT2D eigenvalue weighted by molar-refractivity contribution is 6.33. The number of hydrogen-bond donors (Lipinski definition) is 4. The van der Waals surface area contributed by atoms with Crippen molar-refractivity contribution in [1.82, 2.24) is 20.5 Å². The minimum Gasteiger partial charge on any atom is -0.367 e. The number of carbonyl (C=O) groups excluding carboxylic acids is 1. The van der Waals surface area contributed by atoms with Crippen molar-refractivity contribution in [1.29, 1.82) is 0 Å². The number of benzene rings is 1. The predicted octanol–water partition coefficient (Wildman–Crippen LogP) is 3.81. The van der Waals surface area contributed by atoms with E-state index in [1.54, 1.807) is 30.5 Å². The van der Waals surface area contributed by atoms with Gasteiger partial charge < -0.3 is 21.3 Å². The van der Waals surface area contributed by atoms with Crippen LogP contribution in [0.5, 0.6) is 0 Å². The van der Waals surface area contributed by atoms with Crippen LogP contribution in [0.15, 0.2) is 54.7 Å². The highest BCUT2D eigenvalue weighted by atomic mass is 35.5. The molecule has 3 aromatic rings. The first kappa shape index (κ1) is 19.4. The van der Waals surface area contributed by atoms with E-state index in [9.17, 15) is 4.79 Å². The molecule has 1 aromatic carbocycles. The lowest BCUT2D eigenvalue weighted by Crippen LogP contribution is -2.32. The number of aromatic nitrogens is 3. The van der Waals surface area contributed by atoms with Crippen molar-refractivity contribution in [3.05, 3.63) is 65.3 Å². The van der Waals surface area contributed by atoms with Crippen molar-refractivity contribution in [3.63, 3.8) is 0 Å². The summed E-state index contributed by atoms with van der Waals surface area (Å²) in [5.74, 6) is 1.90. The van der Waals surface area contributed by atoms with Crippen LogP contribution in [0.1, 0.15) is 5.56 Å². The first-order valence-corrected chi connectivity index (χ1v) is 9.04. The van der Waals surface area contributed by atoms with Crippen molar-refractivity contribution in [2.24, 2.45) is 0 Å². The van der Waals surface area contributed by atoms with Gasteiger partial charge in [0, 0.05) is 19.3 Å². The van der Waals surface area contributed by atoms with Crippen LogP contribution in [-0.2, 0) is 0 Å². The van der Waals surface area contributed by atoms with Crippen LogP contribution in [0, 0.1) is 6.92 Å². The number of hydrogen-bond acceptors (Lipinski definition) is 6. The Morgan fingerprint density at radius 3 is 2.54 bits per heavy atom. The lowest BCUT2D eigenvalue weighted by molar-refractivity contribution is 0.252. The molecule has 2 heterocycles. The number of aryl methyl sites for hydroxylation is 1. The molecule has 3 rings (SSSR count). The zero-order chi connectivity index (χ0) is 19.8. The second-order valence-electron chi connectivity index (χ2n) is 5.93. The van der Waals surface area contributed by atoms with E-state index in [0.29, 0.717) is 41.3 Å². The van der Waals surface area contributed by atoms with Crippen molar-refractivity contribution in [2.45, 2.75) is 6.92 Å². The van der Waals surface area contributed by atoms with Crippen molar-refractivity contribution < 1.29 is 4.79 Å². The Balaban J connectivity index is 1.39. The van der Waals surface area contributed by atoms with Gasteiger partial charge in [-0.3, -0.25) is 0 Å². The van der Waals surface area contributed by atoms with E-state index in [1.165, 1.54) is 0 Å². The molecule has 9 heteroatoms. The molecule has 8 nitrogen and oxygen atoms in total. The first-order valence-electron chi connectivity index (χ1n) is 8.67. The Bertz CT molecular complexity index is 919. The van der Waals surface area contributed by atoms with Gasteiger partial charge in [-0.15, -0.1) is 10.2 Å². The number of urea groups is 1. The molecule has 2 amide bonds. The molecular formula is C19H20ClN7O. The summed E-state index contributed by atoms with van der Waals surface area (Å²) in [7, 11) is 0. The molecule has 0 radical (unpaired) electrons. The highest BCUT2D eigenvalue weighted by Gasteiger charge is 2.05. The molecule has 28 heavy (non-hydrogen) atoms. The van der Waals surface area contributed by atoms with Gasteiger partial charge in [-0.1, -0.05) is 23.7 Å². The number of pyridine rings is 1. The molecule has 0 aliphatic carbocycles. The SMILES string of the molecule is Cc1ccc(NC(=O)NCCNc2ccc(Nc3ccccn3)nn2)c(Cl)c1. The number of anilines is 4. The van der Waals surface area contributed by atoms with E-state index >= 15 is 0 Å². The van der Waals surface area contributed by atoms with E-state index in [2.05, 4.69) is 36.4 Å². The van der Waals surface area contributed by atoms with E-state index in [0.717, 1.165) is 5.56 Å². The second kappa shape index (κ2) is 9.52. The number of carbonyl (C=O) groups is 1. The lowest BCUT2D eigenvalue weighted by atomic mass is 10.2. The van der Waals surface area contributed by atoms with E-state index in [1.807, 2.05) is 31.2 Å². The average Bonchev–Trinajstić information content (AvgIpc) is 2.69. The predicted molar refractivity (Wildman–Crippen MR) is 111 cm³/mol. The fourth-order valence-corrected chi connectivity index (χ4v) is 2.60. The summed E-state index contributed by atoms with van der Waals surface area (Å²) in [6, 6.07) is 14.3. The van der Waals surface area contributed by atoms with Gasteiger partial charge in [0.15, 0.2) is 5.82 Å². The maximum Gasteiger partial charge on any atom is 0.319 e. The fourth-order valence-electron chi connectivity index (χ4n) is 2.32. The Morgan fingerprint density at radius 2 is 1.82 bits per heavy atom. The standard InChI is InChI=1S/C19H20ClN7O/c1-13-5-6-15(14(20)12-13)24-19(28)23-11-10-22-17-7-8-18(27-26-17)25-16-4-2-3-9-21-16/h2-9,12H,10-11H2,1H3,(H,22,26)(H,21,25,27)(H2,23,24,28). The number of nitrogens with one attached hydrogen (secondary N) is 4. The molecule has 0 aliphatic rings. The Labute approximate surface area is 167 Å². The quantitative estimate of drug-likeness (QED) is 0.452. The zero-order valence-electron chi connectivity index (χ0n) is 15.2. The summed E-state index contributed by atoms with van der Waals surface area (Å²) in [6.07, 6.45) is 1.70. The third kappa shape index (κ3) is 5.82. The minimum absolute atomic E-state index is 0.325. The summed E-state index contributed by atoms with van der Waals surface area (Å²) < 4.78 is 0. The Kier molecular flexibility index (Phi) is 6.59. The third-order valence-corrected chi connectivity index (χ3v) is 3.99. The molecule has 0 unspecified atom stereocenters. The number of amides is 2. The van der Waals surface area contributed by atoms with Crippen molar-refractivity contribution in [2.75, 3.05) is 29.0 Å². The maximum absolute atomic E-state index is 11.9. The monoisotopic (exact) mass is 397 g/mol. The van der Waals surface area contributed by atoms with Gasteiger partial charge in [0.2, 0.25) is 0 Å². The van der Waals surface area contributed by atoms with Crippen LogP contribution in [-0.4, -0.2) is 34.3 Å². The van der Waals surface area contributed by atoms with Crippen molar-refractivity contribution >= 4 is 40.8 Å². The van der Waals surface area contributed by atoms with Crippen LogP contribution in [0.3, 0.4) is 0 Å². The number of nitrogens with zero attached hydrogens (tertiary/aromatic N) is 3. The maximum atomic E-state index is 11.9. The summed E-state index contributed by atoms with van der Waals surface area (Å²) >= 11 is 6.10. The van der Waals surface area contributed by atoms with Gasteiger partial charge in [0.1, 0.15) is 11.6 Å². The van der Waals surface area contributed by atoms with Gasteiger partial charge in [0.25, 0.3) is 0 Å². The first-order chi connectivity index (χ1) is 13.6. The molecule has 0 spiro atoms. The summed E-state index contributed by atoms with van der Waals surface area (Å²) in [6.45, 7) is 2.84. The molecule has 0 bridgehead atoms. The smallest absolute Gasteiger partial charge is 0.319 e. The summed E-state index contributed by atoms with van der Waals surface area (Å²) in [4.78, 5) is 16.1. The molecule has 0 aliphatic heterocycles.